The molecule has 2 atom stereocenters. The molecule has 1 saturated heterocycles. The third-order valence-corrected chi connectivity index (χ3v) is 11.2. The third kappa shape index (κ3) is 7.45. The molecule has 4 aromatic rings. The van der Waals surface area contributed by atoms with Crippen LogP contribution in [-0.2, 0) is 31.7 Å². The van der Waals surface area contributed by atoms with Gasteiger partial charge in [0.1, 0.15) is 17.8 Å². The number of nitrogens with zero attached hydrogens (tertiary/aromatic N) is 4. The molecule has 1 N–H and O–H groups in total. The van der Waals surface area contributed by atoms with Crippen LogP contribution in [0.3, 0.4) is 0 Å². The molecule has 1 aromatic heterocycles. The van der Waals surface area contributed by atoms with Gasteiger partial charge in [0, 0.05) is 29.2 Å². The van der Waals surface area contributed by atoms with E-state index in [0.717, 1.165) is 29.4 Å². The van der Waals surface area contributed by atoms with E-state index in [-0.39, 0.29) is 10.6 Å². The summed E-state index contributed by atoms with van der Waals surface area (Å²) in [5.41, 5.74) is 0.496. The molecular formula is C36H38ClF3N4O8S. The zero-order chi connectivity index (χ0) is 38.7. The van der Waals surface area contributed by atoms with Crippen molar-refractivity contribution in [1.82, 2.24) is 14.8 Å². The van der Waals surface area contributed by atoms with Gasteiger partial charge in [-0.3, -0.25) is 14.6 Å². The number of sulfonamides is 1. The Hall–Kier alpha value is -4.64. The minimum absolute atomic E-state index is 0.0497. The lowest BCUT2D eigenvalue weighted by Crippen LogP contribution is -2.54. The average molecular weight is 779 g/mol. The third-order valence-electron chi connectivity index (χ3n) is 9.28. The molecule has 3 heterocycles. The molecule has 1 fully saturated rings. The van der Waals surface area contributed by atoms with Crippen molar-refractivity contribution < 1.29 is 50.2 Å². The van der Waals surface area contributed by atoms with Crippen LogP contribution in [0.25, 0.3) is 0 Å². The van der Waals surface area contributed by atoms with Crippen molar-refractivity contribution >= 4 is 39.2 Å². The first-order valence-electron chi connectivity index (χ1n) is 16.5. The summed E-state index contributed by atoms with van der Waals surface area (Å²) in [5, 5.41) is 7.49. The number of carbonyl (C=O) groups excluding carboxylic acids is 1. The molecule has 1 unspecified atom stereocenters. The number of carboxylic acids is 1. The number of alkyl halides is 3. The Morgan fingerprint density at radius 2 is 1.74 bits per heavy atom. The van der Waals surface area contributed by atoms with Gasteiger partial charge in [-0.2, -0.15) is 13.2 Å². The van der Waals surface area contributed by atoms with E-state index < -0.39 is 39.7 Å². The fraction of sp³-hybridized carbons (Fsp3) is 0.361. The fourth-order valence-corrected chi connectivity index (χ4v) is 8.43. The number of rotatable bonds is 11. The number of halogens is 4. The van der Waals surface area contributed by atoms with Gasteiger partial charge in [0.2, 0.25) is 5.89 Å². The second-order valence-electron chi connectivity index (χ2n) is 12.1. The SMILES string of the molecule is CCN(CC)Cc1ccc(OC)c(C2(N3CCC[C@H]3c3ncco3)C(=O)N(S(=O)(=O)c3ccc(OC)cc3)c3ccc(Cl)cc32)c1.O=C(O)C(F)(F)F. The van der Waals surface area contributed by atoms with Crippen molar-refractivity contribution in [2.24, 2.45) is 0 Å². The lowest BCUT2D eigenvalue weighted by molar-refractivity contribution is -0.192. The number of carbonyl (C=O) groups is 2. The normalized spacial score (nSPS) is 18.8. The second-order valence-corrected chi connectivity index (χ2v) is 14.4. The Kier molecular flexibility index (Phi) is 11.8. The van der Waals surface area contributed by atoms with Gasteiger partial charge in [-0.25, -0.2) is 22.5 Å². The molecule has 0 radical (unpaired) electrons. The number of ether oxygens (including phenoxy) is 2. The first kappa shape index (κ1) is 39.6. The molecule has 17 heteroatoms. The maximum Gasteiger partial charge on any atom is 0.490 e. The number of anilines is 1. The number of likely N-dealkylation sites (tertiary alicyclic amines) is 1. The number of hydrogen-bond acceptors (Lipinski definition) is 10. The summed E-state index contributed by atoms with van der Waals surface area (Å²) < 4.78 is 78.7. The summed E-state index contributed by atoms with van der Waals surface area (Å²) in [6, 6.07) is 16.3. The van der Waals surface area contributed by atoms with E-state index in [0.29, 0.717) is 53.0 Å². The Morgan fingerprint density at radius 3 is 2.30 bits per heavy atom. The van der Waals surface area contributed by atoms with E-state index in [1.54, 1.807) is 43.6 Å². The molecule has 3 aromatic carbocycles. The van der Waals surface area contributed by atoms with Crippen molar-refractivity contribution in [2.45, 2.75) is 55.9 Å². The smallest absolute Gasteiger partial charge is 0.490 e. The highest BCUT2D eigenvalue weighted by atomic mass is 35.5. The summed E-state index contributed by atoms with van der Waals surface area (Å²) in [4.78, 5) is 33.1. The number of benzene rings is 3. The highest BCUT2D eigenvalue weighted by Crippen LogP contribution is 2.57. The number of fused-ring (bicyclic) bond motifs is 1. The summed E-state index contributed by atoms with van der Waals surface area (Å²) in [7, 11) is -1.35. The summed E-state index contributed by atoms with van der Waals surface area (Å²) >= 11 is 6.67. The minimum Gasteiger partial charge on any atom is -0.497 e. The van der Waals surface area contributed by atoms with Gasteiger partial charge in [0.15, 0.2) is 5.54 Å². The molecule has 0 aliphatic carbocycles. The molecule has 2 aliphatic heterocycles. The van der Waals surface area contributed by atoms with Crippen LogP contribution in [0.2, 0.25) is 5.02 Å². The number of amides is 1. The molecule has 2 aliphatic rings. The van der Waals surface area contributed by atoms with Crippen LogP contribution in [0.5, 0.6) is 11.5 Å². The van der Waals surface area contributed by atoms with Crippen molar-refractivity contribution in [3.05, 3.63) is 101 Å². The van der Waals surface area contributed by atoms with Crippen LogP contribution in [0, 0.1) is 0 Å². The number of hydrogen-bond donors (Lipinski definition) is 1. The summed E-state index contributed by atoms with van der Waals surface area (Å²) in [6.45, 7) is 6.97. The molecule has 284 valence electrons. The van der Waals surface area contributed by atoms with Crippen molar-refractivity contribution in [2.75, 3.05) is 38.2 Å². The molecule has 53 heavy (non-hydrogen) atoms. The number of oxazole rings is 1. The van der Waals surface area contributed by atoms with E-state index in [4.69, 9.17) is 35.4 Å². The largest absolute Gasteiger partial charge is 0.497 e. The van der Waals surface area contributed by atoms with E-state index >= 15 is 4.79 Å². The molecule has 0 bridgehead atoms. The summed E-state index contributed by atoms with van der Waals surface area (Å²) in [6.07, 6.45) is -0.625. The molecule has 12 nitrogen and oxygen atoms in total. The number of methoxy groups -OCH3 is 2. The lowest BCUT2D eigenvalue weighted by Gasteiger charge is -2.41. The zero-order valence-electron chi connectivity index (χ0n) is 29.3. The van der Waals surface area contributed by atoms with Crippen LogP contribution < -0.4 is 13.8 Å². The van der Waals surface area contributed by atoms with Gasteiger partial charge in [-0.05, 0) is 86.1 Å². The van der Waals surface area contributed by atoms with E-state index in [1.165, 1.54) is 25.5 Å². The highest BCUT2D eigenvalue weighted by molar-refractivity contribution is 7.93. The number of carboxylic acid groups (broad SMARTS) is 1. The van der Waals surface area contributed by atoms with E-state index in [1.807, 2.05) is 23.1 Å². The number of aromatic nitrogens is 1. The van der Waals surface area contributed by atoms with Crippen molar-refractivity contribution in [1.29, 1.82) is 0 Å². The van der Waals surface area contributed by atoms with E-state index in [2.05, 4.69) is 23.7 Å². The molecule has 0 spiro atoms. The standard InChI is InChI=1S/C34H37ClN4O6S.C2HF3O2/c1-5-37(6-2)22-23-9-16-31(44-4)28(20-23)34(38-18-7-8-30(38)32-36-17-19-45-32)27-21-24(35)10-15-29(27)39(33(34)40)46(41,42)26-13-11-25(43-3)12-14-26;3-2(4,5)1(6)7/h9-17,19-21,30H,5-8,18,22H2,1-4H3;(H,6,7)/t30-,34?;/m0./s1. The Bertz CT molecular complexity index is 2040. The van der Waals surface area contributed by atoms with Gasteiger partial charge in [0.25, 0.3) is 15.9 Å². The first-order chi connectivity index (χ1) is 25.1. The first-order valence-corrected chi connectivity index (χ1v) is 18.4. The van der Waals surface area contributed by atoms with Gasteiger partial charge in [-0.15, -0.1) is 0 Å². The van der Waals surface area contributed by atoms with Crippen LogP contribution in [0.15, 0.2) is 82.4 Å². The maximum atomic E-state index is 15.5. The van der Waals surface area contributed by atoms with Crippen molar-refractivity contribution in [3.8, 4) is 11.5 Å². The van der Waals surface area contributed by atoms with Crippen LogP contribution >= 0.6 is 11.6 Å². The predicted octanol–water partition coefficient (Wildman–Crippen LogP) is 6.64. The number of aliphatic carboxylic acids is 1. The van der Waals surface area contributed by atoms with Crippen LogP contribution in [-0.4, -0.2) is 80.2 Å². The van der Waals surface area contributed by atoms with Gasteiger partial charge in [-0.1, -0.05) is 31.5 Å². The minimum atomic E-state index is -5.08. The Labute approximate surface area is 309 Å². The lowest BCUT2D eigenvalue weighted by atomic mass is 9.80. The van der Waals surface area contributed by atoms with Gasteiger partial charge < -0.3 is 19.0 Å². The zero-order valence-corrected chi connectivity index (χ0v) is 30.8. The van der Waals surface area contributed by atoms with Crippen molar-refractivity contribution in [3.63, 3.8) is 0 Å². The van der Waals surface area contributed by atoms with Crippen LogP contribution in [0.1, 0.15) is 55.3 Å². The maximum absolute atomic E-state index is 15.5. The topological polar surface area (TPSA) is 143 Å². The fourth-order valence-electron chi connectivity index (χ4n) is 6.80. The molecule has 6 rings (SSSR count). The average Bonchev–Trinajstić information content (AvgIpc) is 3.89. The second kappa shape index (κ2) is 15.8. The predicted molar refractivity (Wildman–Crippen MR) is 188 cm³/mol. The quantitative estimate of drug-likeness (QED) is 0.175. The Morgan fingerprint density at radius 1 is 1.06 bits per heavy atom. The van der Waals surface area contributed by atoms with Gasteiger partial charge in [0.05, 0.1) is 37.0 Å². The van der Waals surface area contributed by atoms with Crippen LogP contribution in [0.4, 0.5) is 18.9 Å². The highest BCUT2D eigenvalue weighted by Gasteiger charge is 2.63. The summed E-state index contributed by atoms with van der Waals surface area (Å²) in [5.74, 6) is -2.02. The Balaban J connectivity index is 0.000000705. The molecular weight excluding hydrogens is 741 g/mol. The molecule has 1 amide bonds. The molecule has 0 saturated carbocycles. The monoisotopic (exact) mass is 778 g/mol. The van der Waals surface area contributed by atoms with E-state index in [9.17, 15) is 21.6 Å². The van der Waals surface area contributed by atoms with Gasteiger partial charge >= 0.3 is 12.1 Å².